The smallest absolute Gasteiger partial charge is 0.0703 e. The van der Waals surface area contributed by atoms with Crippen molar-refractivity contribution in [2.45, 2.75) is 26.3 Å². The number of anilines is 1. The third-order valence-electron chi connectivity index (χ3n) is 2.44. The molecule has 3 heteroatoms. The maximum absolute atomic E-state index is 5.84. The predicted molar refractivity (Wildman–Crippen MR) is 59.1 cm³/mol. The van der Waals surface area contributed by atoms with E-state index in [0.29, 0.717) is 0 Å². The average Bonchev–Trinajstić information content (AvgIpc) is 2.60. The van der Waals surface area contributed by atoms with Gasteiger partial charge in [0.1, 0.15) is 0 Å². The molecule has 2 N–H and O–H groups in total. The Labute approximate surface area is 83.5 Å². The molecule has 0 aliphatic carbocycles. The Morgan fingerprint density at radius 2 is 2.29 bits per heavy atom. The van der Waals surface area contributed by atoms with Crippen LogP contribution in [0.15, 0.2) is 24.4 Å². The van der Waals surface area contributed by atoms with Crippen molar-refractivity contribution in [3.8, 4) is 0 Å². The molecular formula is C11H15N3. The summed E-state index contributed by atoms with van der Waals surface area (Å²) in [5, 5.41) is 5.39. The van der Waals surface area contributed by atoms with Gasteiger partial charge in [0, 0.05) is 17.6 Å². The quantitative estimate of drug-likeness (QED) is 0.753. The van der Waals surface area contributed by atoms with Gasteiger partial charge < -0.3 is 5.73 Å². The molecule has 0 amide bonds. The molecule has 0 unspecified atom stereocenters. The molecule has 0 saturated heterocycles. The third kappa shape index (κ3) is 1.45. The van der Waals surface area contributed by atoms with Gasteiger partial charge in [0.2, 0.25) is 0 Å². The first-order valence-corrected chi connectivity index (χ1v) is 5.03. The van der Waals surface area contributed by atoms with Gasteiger partial charge in [-0.2, -0.15) is 5.10 Å². The Kier molecular flexibility index (Phi) is 2.39. The molecule has 0 radical (unpaired) electrons. The first-order chi connectivity index (χ1) is 6.83. The number of unbranched alkanes of at least 4 members (excludes halogenated alkanes) is 1. The summed E-state index contributed by atoms with van der Waals surface area (Å²) < 4.78 is 2.02. The molecule has 1 aromatic carbocycles. The van der Waals surface area contributed by atoms with Gasteiger partial charge in [-0.1, -0.05) is 19.4 Å². The zero-order chi connectivity index (χ0) is 9.97. The first-order valence-electron chi connectivity index (χ1n) is 5.03. The van der Waals surface area contributed by atoms with Gasteiger partial charge in [-0.3, -0.25) is 4.68 Å². The second-order valence-corrected chi connectivity index (χ2v) is 3.50. The number of hydrogen-bond acceptors (Lipinski definition) is 2. The SMILES string of the molecule is CCCCn1ncc2c(N)cccc21. The van der Waals surface area contributed by atoms with E-state index in [1.807, 2.05) is 23.0 Å². The summed E-state index contributed by atoms with van der Waals surface area (Å²) >= 11 is 0. The lowest BCUT2D eigenvalue weighted by Crippen LogP contribution is -1.99. The van der Waals surface area contributed by atoms with Crippen molar-refractivity contribution in [1.82, 2.24) is 9.78 Å². The molecular weight excluding hydrogens is 174 g/mol. The Morgan fingerprint density at radius 1 is 1.43 bits per heavy atom. The van der Waals surface area contributed by atoms with Crippen LogP contribution in [0.3, 0.4) is 0 Å². The van der Waals surface area contributed by atoms with Crippen LogP contribution in [0, 0.1) is 0 Å². The predicted octanol–water partition coefficient (Wildman–Crippen LogP) is 2.42. The van der Waals surface area contributed by atoms with E-state index in [1.54, 1.807) is 0 Å². The number of aryl methyl sites for hydroxylation is 1. The van der Waals surface area contributed by atoms with Gasteiger partial charge in [0.15, 0.2) is 0 Å². The molecule has 0 saturated carbocycles. The third-order valence-corrected chi connectivity index (χ3v) is 2.44. The van der Waals surface area contributed by atoms with E-state index in [1.165, 1.54) is 6.42 Å². The molecule has 3 nitrogen and oxygen atoms in total. The normalized spacial score (nSPS) is 10.9. The lowest BCUT2D eigenvalue weighted by Gasteiger charge is -2.02. The van der Waals surface area contributed by atoms with E-state index in [-0.39, 0.29) is 0 Å². The lowest BCUT2D eigenvalue weighted by molar-refractivity contribution is 0.588. The van der Waals surface area contributed by atoms with Gasteiger partial charge in [-0.25, -0.2) is 0 Å². The summed E-state index contributed by atoms with van der Waals surface area (Å²) in [4.78, 5) is 0. The van der Waals surface area contributed by atoms with Crippen LogP contribution in [0.5, 0.6) is 0 Å². The van der Waals surface area contributed by atoms with Crippen molar-refractivity contribution in [1.29, 1.82) is 0 Å². The lowest BCUT2D eigenvalue weighted by atomic mass is 10.2. The highest BCUT2D eigenvalue weighted by Crippen LogP contribution is 2.20. The highest BCUT2D eigenvalue weighted by molar-refractivity contribution is 5.90. The van der Waals surface area contributed by atoms with Crippen LogP contribution in [0.1, 0.15) is 19.8 Å². The van der Waals surface area contributed by atoms with Crippen molar-refractivity contribution in [3.63, 3.8) is 0 Å². The highest BCUT2D eigenvalue weighted by atomic mass is 15.3. The summed E-state index contributed by atoms with van der Waals surface area (Å²) in [6.07, 6.45) is 4.19. The second-order valence-electron chi connectivity index (χ2n) is 3.50. The Balaban J connectivity index is 2.42. The maximum Gasteiger partial charge on any atom is 0.0703 e. The Hall–Kier alpha value is -1.51. The van der Waals surface area contributed by atoms with Crippen LogP contribution in [-0.4, -0.2) is 9.78 Å². The molecule has 0 atom stereocenters. The number of benzene rings is 1. The van der Waals surface area contributed by atoms with Gasteiger partial charge in [-0.15, -0.1) is 0 Å². The van der Waals surface area contributed by atoms with E-state index >= 15 is 0 Å². The number of aromatic nitrogens is 2. The van der Waals surface area contributed by atoms with Crippen molar-refractivity contribution < 1.29 is 0 Å². The monoisotopic (exact) mass is 189 g/mol. The van der Waals surface area contributed by atoms with Crippen LogP contribution < -0.4 is 5.73 Å². The minimum absolute atomic E-state index is 0.810. The molecule has 0 bridgehead atoms. The fraction of sp³-hybridized carbons (Fsp3) is 0.364. The maximum atomic E-state index is 5.84. The minimum Gasteiger partial charge on any atom is -0.398 e. The number of nitrogens with zero attached hydrogens (tertiary/aromatic N) is 2. The molecule has 0 fully saturated rings. The van der Waals surface area contributed by atoms with Crippen LogP contribution in [-0.2, 0) is 6.54 Å². The van der Waals surface area contributed by atoms with E-state index in [4.69, 9.17) is 5.73 Å². The van der Waals surface area contributed by atoms with E-state index < -0.39 is 0 Å². The van der Waals surface area contributed by atoms with Crippen molar-refractivity contribution in [2.75, 3.05) is 5.73 Å². The highest BCUT2D eigenvalue weighted by Gasteiger charge is 2.03. The number of fused-ring (bicyclic) bond motifs is 1. The molecule has 74 valence electrons. The van der Waals surface area contributed by atoms with Gasteiger partial charge in [0.05, 0.1) is 11.7 Å². The molecule has 1 aromatic heterocycles. The topological polar surface area (TPSA) is 43.8 Å². The summed E-state index contributed by atoms with van der Waals surface area (Å²) in [6.45, 7) is 3.16. The zero-order valence-corrected chi connectivity index (χ0v) is 8.40. The van der Waals surface area contributed by atoms with Crippen molar-refractivity contribution >= 4 is 16.6 Å². The molecule has 2 aromatic rings. The molecule has 0 spiro atoms. The number of hydrogen-bond donors (Lipinski definition) is 1. The fourth-order valence-electron chi connectivity index (χ4n) is 1.61. The van der Waals surface area contributed by atoms with E-state index in [0.717, 1.165) is 29.6 Å². The van der Waals surface area contributed by atoms with Crippen LogP contribution in [0.4, 0.5) is 5.69 Å². The molecule has 1 heterocycles. The fourth-order valence-corrected chi connectivity index (χ4v) is 1.61. The van der Waals surface area contributed by atoms with Gasteiger partial charge >= 0.3 is 0 Å². The average molecular weight is 189 g/mol. The van der Waals surface area contributed by atoms with E-state index in [9.17, 15) is 0 Å². The molecule has 0 aliphatic rings. The molecule has 2 rings (SSSR count). The molecule has 0 aliphatic heterocycles. The van der Waals surface area contributed by atoms with Crippen LogP contribution in [0.2, 0.25) is 0 Å². The van der Waals surface area contributed by atoms with Gasteiger partial charge in [-0.05, 0) is 18.6 Å². The Bertz CT molecular complexity index is 431. The summed E-state index contributed by atoms with van der Waals surface area (Å²) in [5.74, 6) is 0. The summed E-state index contributed by atoms with van der Waals surface area (Å²) in [5.41, 5.74) is 7.79. The van der Waals surface area contributed by atoms with Crippen molar-refractivity contribution in [3.05, 3.63) is 24.4 Å². The van der Waals surface area contributed by atoms with Crippen LogP contribution >= 0.6 is 0 Å². The molecule has 14 heavy (non-hydrogen) atoms. The van der Waals surface area contributed by atoms with Crippen LogP contribution in [0.25, 0.3) is 10.9 Å². The Morgan fingerprint density at radius 3 is 3.07 bits per heavy atom. The second kappa shape index (κ2) is 3.70. The van der Waals surface area contributed by atoms with Gasteiger partial charge in [0.25, 0.3) is 0 Å². The zero-order valence-electron chi connectivity index (χ0n) is 8.40. The largest absolute Gasteiger partial charge is 0.398 e. The standard InChI is InChI=1S/C11H15N3/c1-2-3-7-14-11-6-4-5-10(12)9(11)8-13-14/h4-6,8H,2-3,7,12H2,1H3. The minimum atomic E-state index is 0.810. The van der Waals surface area contributed by atoms with E-state index in [2.05, 4.69) is 18.1 Å². The summed E-state index contributed by atoms with van der Waals surface area (Å²) in [7, 11) is 0. The van der Waals surface area contributed by atoms with Crippen molar-refractivity contribution in [2.24, 2.45) is 0 Å². The first kappa shape index (κ1) is 9.06. The number of nitrogens with two attached hydrogens (primary N) is 1. The number of nitrogen functional groups attached to an aromatic ring is 1. The summed E-state index contributed by atoms with van der Waals surface area (Å²) in [6, 6.07) is 5.95. The number of rotatable bonds is 3.